The van der Waals surface area contributed by atoms with Crippen molar-refractivity contribution in [1.82, 2.24) is 5.43 Å². The maximum Gasteiger partial charge on any atom is 0.416 e. The molecule has 0 atom stereocenters. The third kappa shape index (κ3) is 4.02. The van der Waals surface area contributed by atoms with Crippen molar-refractivity contribution in [3.8, 4) is 11.3 Å². The summed E-state index contributed by atoms with van der Waals surface area (Å²) in [6.07, 6.45) is -3.19. The first kappa shape index (κ1) is 17.5. The predicted octanol–water partition coefficient (Wildman–Crippen LogP) is 4.63. The molecule has 1 aromatic carbocycles. The van der Waals surface area contributed by atoms with Gasteiger partial charge in [0.1, 0.15) is 17.3 Å². The minimum absolute atomic E-state index is 0.115. The van der Waals surface area contributed by atoms with Crippen LogP contribution in [0.2, 0.25) is 0 Å². The number of alkyl halides is 3. The Bertz CT molecular complexity index is 954. The average molecular weight is 362 g/mol. The minimum atomic E-state index is -4.43. The fourth-order valence-electron chi connectivity index (χ4n) is 2.19. The molecular weight excluding hydrogens is 349 g/mol. The number of aryl methyl sites for hydroxylation is 1. The molecule has 0 bridgehead atoms. The van der Waals surface area contributed by atoms with Crippen LogP contribution < -0.4 is 5.43 Å². The van der Waals surface area contributed by atoms with Crippen LogP contribution in [0.5, 0.6) is 0 Å². The number of carbonyl (C=O) groups is 1. The molecule has 1 N–H and O–H groups in total. The molecule has 0 radical (unpaired) electrons. The number of hydrogen-bond donors (Lipinski definition) is 1. The van der Waals surface area contributed by atoms with E-state index in [2.05, 4.69) is 10.5 Å². The highest BCUT2D eigenvalue weighted by Gasteiger charge is 2.30. The van der Waals surface area contributed by atoms with Crippen molar-refractivity contribution in [2.24, 2.45) is 5.10 Å². The van der Waals surface area contributed by atoms with Crippen LogP contribution >= 0.6 is 0 Å². The molecule has 3 aromatic rings. The molecule has 0 spiro atoms. The van der Waals surface area contributed by atoms with Crippen LogP contribution in [0.25, 0.3) is 11.3 Å². The summed E-state index contributed by atoms with van der Waals surface area (Å²) >= 11 is 0. The molecule has 5 nitrogen and oxygen atoms in total. The topological polar surface area (TPSA) is 67.7 Å². The summed E-state index contributed by atoms with van der Waals surface area (Å²) in [7, 11) is 0. The number of carbonyl (C=O) groups excluding carboxylic acids is 1. The number of nitrogens with zero attached hydrogens (tertiary/aromatic N) is 1. The van der Waals surface area contributed by atoms with Crippen LogP contribution in [-0.4, -0.2) is 12.1 Å². The summed E-state index contributed by atoms with van der Waals surface area (Å²) in [6, 6.07) is 11.0. The van der Waals surface area contributed by atoms with Gasteiger partial charge in [0.2, 0.25) is 0 Å². The van der Waals surface area contributed by atoms with Gasteiger partial charge < -0.3 is 8.83 Å². The first-order valence-electron chi connectivity index (χ1n) is 7.50. The van der Waals surface area contributed by atoms with Gasteiger partial charge in [-0.1, -0.05) is 12.1 Å². The Labute approximate surface area is 146 Å². The molecular formula is C18H13F3N2O3. The maximum absolute atomic E-state index is 12.8. The van der Waals surface area contributed by atoms with Gasteiger partial charge >= 0.3 is 12.1 Å². The van der Waals surface area contributed by atoms with Crippen LogP contribution in [0.1, 0.15) is 27.6 Å². The zero-order valence-corrected chi connectivity index (χ0v) is 13.5. The first-order valence-corrected chi connectivity index (χ1v) is 7.50. The van der Waals surface area contributed by atoms with Gasteiger partial charge in [0.15, 0.2) is 5.76 Å². The van der Waals surface area contributed by atoms with E-state index in [-0.39, 0.29) is 22.8 Å². The van der Waals surface area contributed by atoms with E-state index in [4.69, 9.17) is 8.83 Å². The summed E-state index contributed by atoms with van der Waals surface area (Å²) in [5, 5.41) is 3.73. The van der Waals surface area contributed by atoms with Gasteiger partial charge in [-0.25, -0.2) is 5.43 Å². The van der Waals surface area contributed by atoms with E-state index in [0.717, 1.165) is 12.1 Å². The van der Waals surface area contributed by atoms with E-state index >= 15 is 0 Å². The van der Waals surface area contributed by atoms with E-state index in [1.54, 1.807) is 13.0 Å². The van der Waals surface area contributed by atoms with E-state index in [0.29, 0.717) is 5.76 Å². The van der Waals surface area contributed by atoms with Crippen LogP contribution in [-0.2, 0) is 6.18 Å². The standard InChI is InChI=1S/C18H13F3N2O3/c1-11-5-7-16(25-11)17(24)23-22-10-14-6-8-15(26-14)12-3-2-4-13(9-12)18(19,20)21/h2-10H,1H3,(H,23,24)/b22-10-. The van der Waals surface area contributed by atoms with Gasteiger partial charge in [0, 0.05) is 5.56 Å². The molecule has 0 aliphatic rings. The zero-order valence-electron chi connectivity index (χ0n) is 13.5. The van der Waals surface area contributed by atoms with E-state index in [1.165, 1.54) is 36.5 Å². The van der Waals surface area contributed by atoms with Gasteiger partial charge in [-0.2, -0.15) is 18.3 Å². The lowest BCUT2D eigenvalue weighted by atomic mass is 10.1. The largest absolute Gasteiger partial charge is 0.456 e. The molecule has 0 saturated heterocycles. The summed E-state index contributed by atoms with van der Waals surface area (Å²) in [5.74, 6) is 0.706. The molecule has 0 unspecified atom stereocenters. The smallest absolute Gasteiger partial charge is 0.416 e. The van der Waals surface area contributed by atoms with Gasteiger partial charge in [0.25, 0.3) is 0 Å². The molecule has 8 heteroatoms. The van der Waals surface area contributed by atoms with Crippen molar-refractivity contribution < 1.29 is 26.8 Å². The number of amides is 1. The predicted molar refractivity (Wildman–Crippen MR) is 87.7 cm³/mol. The number of rotatable bonds is 4. The number of halogens is 3. The van der Waals surface area contributed by atoms with Crippen molar-refractivity contribution in [3.05, 3.63) is 71.4 Å². The molecule has 0 aliphatic heterocycles. The molecule has 26 heavy (non-hydrogen) atoms. The van der Waals surface area contributed by atoms with Crippen LogP contribution in [0.3, 0.4) is 0 Å². The Morgan fingerprint density at radius 1 is 1.12 bits per heavy atom. The highest BCUT2D eigenvalue weighted by Crippen LogP contribution is 2.32. The minimum Gasteiger partial charge on any atom is -0.456 e. The monoisotopic (exact) mass is 362 g/mol. The highest BCUT2D eigenvalue weighted by molar-refractivity contribution is 5.92. The molecule has 0 saturated carbocycles. The lowest BCUT2D eigenvalue weighted by Gasteiger charge is -2.07. The number of benzene rings is 1. The average Bonchev–Trinajstić information content (AvgIpc) is 3.23. The van der Waals surface area contributed by atoms with Crippen molar-refractivity contribution >= 4 is 12.1 Å². The lowest BCUT2D eigenvalue weighted by Crippen LogP contribution is -2.16. The Hall–Kier alpha value is -3.29. The Morgan fingerprint density at radius 3 is 2.62 bits per heavy atom. The summed E-state index contributed by atoms with van der Waals surface area (Å²) in [6.45, 7) is 1.71. The van der Waals surface area contributed by atoms with E-state index < -0.39 is 17.6 Å². The second-order valence-electron chi connectivity index (χ2n) is 5.39. The van der Waals surface area contributed by atoms with Crippen LogP contribution in [0.15, 0.2) is 62.5 Å². The van der Waals surface area contributed by atoms with Gasteiger partial charge in [-0.3, -0.25) is 4.79 Å². The molecule has 3 rings (SSSR count). The van der Waals surface area contributed by atoms with Crippen molar-refractivity contribution in [1.29, 1.82) is 0 Å². The zero-order chi connectivity index (χ0) is 18.7. The normalized spacial score (nSPS) is 11.8. The molecule has 2 heterocycles. The molecule has 0 aliphatic carbocycles. The van der Waals surface area contributed by atoms with Gasteiger partial charge in [0.05, 0.1) is 11.8 Å². The molecule has 1 amide bonds. The second-order valence-corrected chi connectivity index (χ2v) is 5.39. The quantitative estimate of drug-likeness (QED) is 0.543. The Kier molecular flexibility index (Phi) is 4.66. The highest BCUT2D eigenvalue weighted by atomic mass is 19.4. The number of furan rings is 2. The fourth-order valence-corrected chi connectivity index (χ4v) is 2.19. The fraction of sp³-hybridized carbons (Fsp3) is 0.111. The number of hydrazone groups is 1. The molecule has 134 valence electrons. The molecule has 2 aromatic heterocycles. The van der Waals surface area contributed by atoms with Crippen LogP contribution in [0, 0.1) is 6.92 Å². The Morgan fingerprint density at radius 2 is 1.92 bits per heavy atom. The first-order chi connectivity index (χ1) is 12.3. The van der Waals surface area contributed by atoms with Crippen molar-refractivity contribution in [3.63, 3.8) is 0 Å². The Balaban J connectivity index is 1.69. The van der Waals surface area contributed by atoms with Gasteiger partial charge in [-0.15, -0.1) is 0 Å². The van der Waals surface area contributed by atoms with Crippen LogP contribution in [0.4, 0.5) is 13.2 Å². The SMILES string of the molecule is Cc1ccc(C(=O)N/N=C\c2ccc(-c3cccc(C(F)(F)F)c3)o2)o1. The summed E-state index contributed by atoms with van der Waals surface area (Å²) in [5.41, 5.74) is 1.79. The number of hydrogen-bond acceptors (Lipinski definition) is 4. The number of nitrogens with one attached hydrogen (secondary N) is 1. The molecule has 0 fully saturated rings. The lowest BCUT2D eigenvalue weighted by molar-refractivity contribution is -0.137. The van der Waals surface area contributed by atoms with Crippen molar-refractivity contribution in [2.45, 2.75) is 13.1 Å². The summed E-state index contributed by atoms with van der Waals surface area (Å²) in [4.78, 5) is 11.8. The third-order valence-electron chi connectivity index (χ3n) is 3.42. The van der Waals surface area contributed by atoms with Gasteiger partial charge in [-0.05, 0) is 43.3 Å². The second kappa shape index (κ2) is 6.91. The summed E-state index contributed by atoms with van der Waals surface area (Å²) < 4.78 is 48.9. The van der Waals surface area contributed by atoms with E-state index in [1.807, 2.05) is 0 Å². The third-order valence-corrected chi connectivity index (χ3v) is 3.42. The van der Waals surface area contributed by atoms with Crippen molar-refractivity contribution in [2.75, 3.05) is 0 Å². The van der Waals surface area contributed by atoms with E-state index in [9.17, 15) is 18.0 Å². The maximum atomic E-state index is 12.8.